The van der Waals surface area contributed by atoms with Crippen LogP contribution in [0.5, 0.6) is 0 Å². The molecule has 1 N–H and O–H groups in total. The van der Waals surface area contributed by atoms with Crippen LogP contribution in [0.2, 0.25) is 0 Å². The molecule has 0 aliphatic rings. The molecule has 0 heterocycles. The Balaban J connectivity index is 2.13. The van der Waals surface area contributed by atoms with Gasteiger partial charge in [0, 0.05) is 16.7 Å². The van der Waals surface area contributed by atoms with E-state index in [4.69, 9.17) is 0 Å². The van der Waals surface area contributed by atoms with Gasteiger partial charge in [0.05, 0.1) is 0 Å². The van der Waals surface area contributed by atoms with Crippen molar-refractivity contribution in [3.05, 3.63) is 63.6 Å². The molecule has 2 aromatic rings. The quantitative estimate of drug-likeness (QED) is 0.870. The summed E-state index contributed by atoms with van der Waals surface area (Å²) in [7, 11) is 0. The molecule has 18 heavy (non-hydrogen) atoms. The molecule has 0 aromatic heterocycles. The predicted molar refractivity (Wildman–Crippen MR) is 72.6 cm³/mol. The molecule has 0 fully saturated rings. The molecule has 0 saturated carbocycles. The van der Waals surface area contributed by atoms with Gasteiger partial charge in [-0.15, -0.1) is 0 Å². The van der Waals surface area contributed by atoms with Crippen LogP contribution >= 0.6 is 15.9 Å². The molecular weight excluding hydrogens is 300 g/mol. The van der Waals surface area contributed by atoms with Crippen molar-refractivity contribution in [2.45, 2.75) is 13.5 Å². The van der Waals surface area contributed by atoms with Gasteiger partial charge in [0.2, 0.25) is 0 Å². The summed E-state index contributed by atoms with van der Waals surface area (Å²) in [5.74, 6) is -0.551. The van der Waals surface area contributed by atoms with Crippen molar-refractivity contribution in [3.8, 4) is 0 Å². The Morgan fingerprint density at radius 3 is 2.44 bits per heavy atom. The minimum absolute atomic E-state index is 0.254. The van der Waals surface area contributed by atoms with E-state index in [0.717, 1.165) is 16.8 Å². The van der Waals surface area contributed by atoms with Gasteiger partial charge in [0.25, 0.3) is 0 Å². The number of hydrogen-bond acceptors (Lipinski definition) is 1. The fourth-order valence-electron chi connectivity index (χ4n) is 1.65. The van der Waals surface area contributed by atoms with Gasteiger partial charge in [-0.3, -0.25) is 0 Å². The summed E-state index contributed by atoms with van der Waals surface area (Å²) < 4.78 is 26.7. The normalized spacial score (nSPS) is 10.4. The van der Waals surface area contributed by atoms with E-state index in [9.17, 15) is 8.78 Å². The van der Waals surface area contributed by atoms with Crippen molar-refractivity contribution in [2.24, 2.45) is 0 Å². The summed E-state index contributed by atoms with van der Waals surface area (Å²) in [5.41, 5.74) is 2.67. The summed E-state index contributed by atoms with van der Waals surface area (Å²) in [4.78, 5) is 0. The molecule has 0 aliphatic heterocycles. The van der Waals surface area contributed by atoms with E-state index in [1.54, 1.807) is 12.1 Å². The molecule has 2 rings (SSSR count). The van der Waals surface area contributed by atoms with Gasteiger partial charge in [-0.25, -0.2) is 8.78 Å². The Morgan fingerprint density at radius 1 is 1.06 bits per heavy atom. The van der Waals surface area contributed by atoms with Crippen LogP contribution in [-0.4, -0.2) is 0 Å². The number of aryl methyl sites for hydroxylation is 1. The number of halogens is 3. The molecule has 94 valence electrons. The van der Waals surface area contributed by atoms with Crippen molar-refractivity contribution in [1.29, 1.82) is 0 Å². The van der Waals surface area contributed by atoms with Gasteiger partial charge >= 0.3 is 0 Å². The van der Waals surface area contributed by atoms with Crippen LogP contribution in [-0.2, 0) is 6.54 Å². The van der Waals surface area contributed by atoms with Gasteiger partial charge in [-0.05, 0) is 64.3 Å². The van der Waals surface area contributed by atoms with Crippen LogP contribution in [0.4, 0.5) is 14.5 Å². The minimum atomic E-state index is -0.297. The van der Waals surface area contributed by atoms with Gasteiger partial charge < -0.3 is 5.32 Å². The largest absolute Gasteiger partial charge is 0.380 e. The average molecular weight is 312 g/mol. The molecule has 0 radical (unpaired) electrons. The maximum absolute atomic E-state index is 13.1. The van der Waals surface area contributed by atoms with Crippen molar-refractivity contribution >= 4 is 21.6 Å². The van der Waals surface area contributed by atoms with E-state index in [2.05, 4.69) is 21.2 Å². The average Bonchev–Trinajstić information content (AvgIpc) is 2.32. The highest BCUT2D eigenvalue weighted by Crippen LogP contribution is 2.24. The summed E-state index contributed by atoms with van der Waals surface area (Å²) in [6.07, 6.45) is 0. The van der Waals surface area contributed by atoms with Crippen LogP contribution < -0.4 is 5.32 Å². The third-order valence-electron chi connectivity index (χ3n) is 2.71. The first-order chi connectivity index (χ1) is 8.56. The molecule has 2 aromatic carbocycles. The lowest BCUT2D eigenvalue weighted by Crippen LogP contribution is -2.02. The molecule has 0 spiro atoms. The summed E-state index contributed by atoms with van der Waals surface area (Å²) in [5, 5.41) is 3.14. The lowest BCUT2D eigenvalue weighted by atomic mass is 10.1. The molecule has 1 nitrogen and oxygen atoms in total. The lowest BCUT2D eigenvalue weighted by Gasteiger charge is -2.10. The van der Waals surface area contributed by atoms with E-state index in [1.165, 1.54) is 24.3 Å². The molecule has 4 heteroatoms. The SMILES string of the molecule is Cc1ccc(F)cc1CNc1ccc(F)cc1Br. The fourth-order valence-corrected chi connectivity index (χ4v) is 2.14. The van der Waals surface area contributed by atoms with Crippen molar-refractivity contribution in [2.75, 3.05) is 5.32 Å². The Labute approximate surface area is 113 Å². The summed E-state index contributed by atoms with van der Waals surface area (Å²) in [6.45, 7) is 2.42. The van der Waals surface area contributed by atoms with Gasteiger partial charge in [-0.2, -0.15) is 0 Å². The summed E-state index contributed by atoms with van der Waals surface area (Å²) >= 11 is 3.28. The zero-order valence-electron chi connectivity index (χ0n) is 9.81. The second-order valence-electron chi connectivity index (χ2n) is 4.05. The topological polar surface area (TPSA) is 12.0 Å². The minimum Gasteiger partial charge on any atom is -0.380 e. The van der Waals surface area contributed by atoms with E-state index in [1.807, 2.05) is 6.92 Å². The maximum Gasteiger partial charge on any atom is 0.124 e. The highest BCUT2D eigenvalue weighted by Gasteiger charge is 2.03. The Morgan fingerprint density at radius 2 is 1.72 bits per heavy atom. The molecule has 0 saturated heterocycles. The second kappa shape index (κ2) is 5.48. The second-order valence-corrected chi connectivity index (χ2v) is 4.90. The van der Waals surface area contributed by atoms with Crippen molar-refractivity contribution in [3.63, 3.8) is 0 Å². The number of anilines is 1. The highest BCUT2D eigenvalue weighted by atomic mass is 79.9. The molecule has 0 amide bonds. The molecule has 0 unspecified atom stereocenters. The van der Waals surface area contributed by atoms with Crippen molar-refractivity contribution < 1.29 is 8.78 Å². The van der Waals surface area contributed by atoms with E-state index in [-0.39, 0.29) is 11.6 Å². The summed E-state index contributed by atoms with van der Waals surface area (Å²) in [6, 6.07) is 9.10. The van der Waals surface area contributed by atoms with Gasteiger partial charge in [0.15, 0.2) is 0 Å². The van der Waals surface area contributed by atoms with Crippen LogP contribution in [0.1, 0.15) is 11.1 Å². The van der Waals surface area contributed by atoms with Gasteiger partial charge in [-0.1, -0.05) is 6.07 Å². The zero-order valence-corrected chi connectivity index (χ0v) is 11.4. The maximum atomic E-state index is 13.1. The van der Waals surface area contributed by atoms with E-state index >= 15 is 0 Å². The number of benzene rings is 2. The fraction of sp³-hybridized carbons (Fsp3) is 0.143. The van der Waals surface area contributed by atoms with Crippen LogP contribution in [0, 0.1) is 18.6 Å². The Kier molecular flexibility index (Phi) is 3.97. The predicted octanol–water partition coefficient (Wildman–Crippen LogP) is 4.65. The standard InChI is InChI=1S/C14H12BrF2N/c1-9-2-3-11(16)6-10(9)8-18-14-5-4-12(17)7-13(14)15/h2-7,18H,8H2,1H3. The first-order valence-corrected chi connectivity index (χ1v) is 6.29. The lowest BCUT2D eigenvalue weighted by molar-refractivity contribution is 0.625. The van der Waals surface area contributed by atoms with Gasteiger partial charge in [0.1, 0.15) is 11.6 Å². The third-order valence-corrected chi connectivity index (χ3v) is 3.37. The monoisotopic (exact) mass is 311 g/mol. The first-order valence-electron chi connectivity index (χ1n) is 5.50. The molecule has 0 atom stereocenters. The highest BCUT2D eigenvalue weighted by molar-refractivity contribution is 9.10. The van der Waals surface area contributed by atoms with Crippen LogP contribution in [0.15, 0.2) is 40.9 Å². The Bertz CT molecular complexity index is 570. The smallest absolute Gasteiger partial charge is 0.124 e. The number of rotatable bonds is 3. The van der Waals surface area contributed by atoms with Crippen LogP contribution in [0.25, 0.3) is 0 Å². The van der Waals surface area contributed by atoms with E-state index in [0.29, 0.717) is 11.0 Å². The van der Waals surface area contributed by atoms with E-state index < -0.39 is 0 Å². The molecule has 0 bridgehead atoms. The van der Waals surface area contributed by atoms with Crippen LogP contribution in [0.3, 0.4) is 0 Å². The number of hydrogen-bond donors (Lipinski definition) is 1. The third kappa shape index (κ3) is 3.07. The molecule has 0 aliphatic carbocycles. The molecular formula is C14H12BrF2N. The number of nitrogens with one attached hydrogen (secondary N) is 1. The zero-order chi connectivity index (χ0) is 13.1. The first kappa shape index (κ1) is 13.0. The Hall–Kier alpha value is -1.42. The van der Waals surface area contributed by atoms with Crippen molar-refractivity contribution in [1.82, 2.24) is 0 Å².